The van der Waals surface area contributed by atoms with Crippen molar-refractivity contribution in [2.24, 2.45) is 5.92 Å². The minimum atomic E-state index is -3.63. The third kappa shape index (κ3) is 9.13. The Hall–Kier alpha value is -3.90. The summed E-state index contributed by atoms with van der Waals surface area (Å²) in [5.41, 5.74) is 4.91. The number of hydrogen-bond donors (Lipinski definition) is 2. The van der Waals surface area contributed by atoms with E-state index in [1.165, 1.54) is 0 Å². The summed E-state index contributed by atoms with van der Waals surface area (Å²) in [5, 5.41) is 9.62. The maximum atomic E-state index is 13.2. The normalized spacial score (nSPS) is 22.9. The summed E-state index contributed by atoms with van der Waals surface area (Å²) in [6.45, 7) is 9.29. The van der Waals surface area contributed by atoms with Crippen molar-refractivity contribution in [2.75, 3.05) is 13.1 Å². The predicted molar refractivity (Wildman–Crippen MR) is 196 cm³/mol. The first-order valence-corrected chi connectivity index (χ1v) is 19.1. The fraction of sp³-hybridized carbons (Fsp3) is 0.390. The number of nitrogens with one attached hydrogen (secondary N) is 1. The van der Waals surface area contributed by atoms with Crippen molar-refractivity contribution < 1.29 is 32.5 Å². The number of aliphatic hydroxyl groups is 1. The zero-order valence-corrected chi connectivity index (χ0v) is 30.5. The lowest BCUT2D eigenvalue weighted by atomic mass is 9.89. The third-order valence-corrected chi connectivity index (χ3v) is 11.0. The molecule has 0 spiro atoms. The van der Waals surface area contributed by atoms with Crippen LogP contribution < -0.4 is 4.72 Å². The molecule has 4 aromatic carbocycles. The Morgan fingerprint density at radius 1 is 0.882 bits per heavy atom. The number of carbonyl (C=O) groups excluding carboxylic acids is 1. The van der Waals surface area contributed by atoms with Crippen LogP contribution in [0.15, 0.2) is 108 Å². The van der Waals surface area contributed by atoms with E-state index in [2.05, 4.69) is 16.5 Å². The molecule has 5 atom stereocenters. The lowest BCUT2D eigenvalue weighted by Gasteiger charge is -2.43. The van der Waals surface area contributed by atoms with E-state index in [0.717, 1.165) is 52.8 Å². The minimum absolute atomic E-state index is 0.0255. The Bertz CT molecular complexity index is 1880. The van der Waals surface area contributed by atoms with E-state index >= 15 is 0 Å². The standard InChI is InChI=1S/C41H48N2O7S/c1-28-37(26-43-23-9-14-36(43)39(45)50-41(2,3)4)48-40(49-38(28)32-17-15-29(27-44)16-18-32)33-21-19-31(20-22-33)34-11-8-10-30(24-34)25-42-51(46,47)35-12-6-5-7-13-35/h5-8,10-13,15-22,24,28,36-38,40,42,44H,9,14,23,25-27H2,1-4H3/t28-,36+,37+,38+,40+/m1/s1. The molecule has 0 aliphatic carbocycles. The van der Waals surface area contributed by atoms with Gasteiger partial charge in [-0.3, -0.25) is 9.69 Å². The highest BCUT2D eigenvalue weighted by molar-refractivity contribution is 7.89. The van der Waals surface area contributed by atoms with Crippen LogP contribution >= 0.6 is 0 Å². The maximum Gasteiger partial charge on any atom is 0.323 e. The first-order valence-electron chi connectivity index (χ1n) is 17.6. The molecule has 0 amide bonds. The quantitative estimate of drug-likeness (QED) is 0.161. The smallest absolute Gasteiger partial charge is 0.323 e. The second-order valence-corrected chi connectivity index (χ2v) is 16.2. The number of rotatable bonds is 11. The van der Waals surface area contributed by atoms with Crippen LogP contribution in [0.1, 0.15) is 75.2 Å². The molecule has 2 aliphatic rings. The van der Waals surface area contributed by atoms with Crippen LogP contribution in [-0.2, 0) is 42.2 Å². The highest BCUT2D eigenvalue weighted by Gasteiger charge is 2.42. The SMILES string of the molecule is C[C@@H]1[C@H](CN2CCC[C@H]2C(=O)OC(C)(C)C)O[C@H](c2ccc(-c3cccc(CNS(=O)(=O)c4ccccc4)c3)cc2)O[C@@H]1c1ccc(CO)cc1. The van der Waals surface area contributed by atoms with E-state index < -0.39 is 21.9 Å². The highest BCUT2D eigenvalue weighted by atomic mass is 32.2. The number of sulfonamides is 1. The lowest BCUT2D eigenvalue weighted by Crippen LogP contribution is -2.48. The molecular weight excluding hydrogens is 665 g/mol. The molecule has 0 radical (unpaired) electrons. The van der Waals surface area contributed by atoms with Crippen molar-refractivity contribution in [3.05, 3.63) is 125 Å². The zero-order chi connectivity index (χ0) is 36.2. The Kier molecular flexibility index (Phi) is 11.4. The molecule has 0 unspecified atom stereocenters. The lowest BCUT2D eigenvalue weighted by molar-refractivity contribution is -0.276. The van der Waals surface area contributed by atoms with E-state index in [0.29, 0.717) is 6.54 Å². The third-order valence-electron chi connectivity index (χ3n) is 9.54. The van der Waals surface area contributed by atoms with Gasteiger partial charge in [0, 0.05) is 24.6 Å². The number of carbonyl (C=O) groups is 1. The van der Waals surface area contributed by atoms with Gasteiger partial charge in [-0.1, -0.05) is 91.9 Å². The summed E-state index contributed by atoms with van der Waals surface area (Å²) in [6, 6.07) is 31.7. The summed E-state index contributed by atoms with van der Waals surface area (Å²) in [5.74, 6) is -0.219. The molecule has 2 saturated heterocycles. The number of hydrogen-bond acceptors (Lipinski definition) is 8. The van der Waals surface area contributed by atoms with E-state index in [1.807, 2.05) is 93.6 Å². The molecule has 2 heterocycles. The monoisotopic (exact) mass is 712 g/mol. The van der Waals surface area contributed by atoms with E-state index in [9.17, 15) is 18.3 Å². The van der Waals surface area contributed by atoms with E-state index in [-0.39, 0.29) is 48.2 Å². The minimum Gasteiger partial charge on any atom is -0.459 e. The van der Waals surface area contributed by atoms with Gasteiger partial charge in [-0.2, -0.15) is 0 Å². The predicted octanol–water partition coefficient (Wildman–Crippen LogP) is 6.92. The van der Waals surface area contributed by atoms with Gasteiger partial charge in [0.2, 0.25) is 10.0 Å². The number of aliphatic hydroxyl groups excluding tert-OH is 1. The fourth-order valence-electron chi connectivity index (χ4n) is 6.80. The number of nitrogens with zero attached hydrogens (tertiary/aromatic N) is 1. The van der Waals surface area contributed by atoms with Crippen LogP contribution in [0, 0.1) is 5.92 Å². The summed E-state index contributed by atoms with van der Waals surface area (Å²) in [4.78, 5) is 15.6. The molecule has 0 saturated carbocycles. The molecule has 51 heavy (non-hydrogen) atoms. The van der Waals surface area contributed by atoms with Crippen molar-refractivity contribution in [3.8, 4) is 11.1 Å². The van der Waals surface area contributed by atoms with Crippen LogP contribution in [0.2, 0.25) is 0 Å². The van der Waals surface area contributed by atoms with Crippen LogP contribution in [0.3, 0.4) is 0 Å². The molecule has 0 bridgehead atoms. The second-order valence-electron chi connectivity index (χ2n) is 14.5. The van der Waals surface area contributed by atoms with Gasteiger partial charge in [0.15, 0.2) is 6.29 Å². The van der Waals surface area contributed by atoms with Gasteiger partial charge in [-0.15, -0.1) is 0 Å². The van der Waals surface area contributed by atoms with Crippen LogP contribution in [0.25, 0.3) is 11.1 Å². The summed E-state index contributed by atoms with van der Waals surface area (Å²) in [7, 11) is -3.63. The number of ether oxygens (including phenoxy) is 3. The van der Waals surface area contributed by atoms with Crippen LogP contribution in [0.5, 0.6) is 0 Å². The number of esters is 1. The molecular formula is C41H48N2O7S. The molecule has 4 aromatic rings. The first-order chi connectivity index (χ1) is 24.4. The van der Waals surface area contributed by atoms with Crippen molar-refractivity contribution >= 4 is 16.0 Å². The molecule has 0 aromatic heterocycles. The highest BCUT2D eigenvalue weighted by Crippen LogP contribution is 2.42. The summed E-state index contributed by atoms with van der Waals surface area (Å²) >= 11 is 0. The number of likely N-dealkylation sites (tertiary alicyclic amines) is 1. The van der Waals surface area contributed by atoms with Gasteiger partial charge in [-0.05, 0) is 86.2 Å². The average molecular weight is 713 g/mol. The van der Waals surface area contributed by atoms with Crippen LogP contribution in [0.4, 0.5) is 0 Å². The Labute approximate surface area is 301 Å². The van der Waals surface area contributed by atoms with Crippen molar-refractivity contribution in [1.29, 1.82) is 0 Å². The summed E-state index contributed by atoms with van der Waals surface area (Å²) in [6.07, 6.45) is 0.511. The Morgan fingerprint density at radius 3 is 2.27 bits per heavy atom. The van der Waals surface area contributed by atoms with Gasteiger partial charge < -0.3 is 19.3 Å². The Morgan fingerprint density at radius 2 is 1.59 bits per heavy atom. The van der Waals surface area contributed by atoms with E-state index in [4.69, 9.17) is 14.2 Å². The molecule has 2 fully saturated rings. The number of benzene rings is 4. The topological polar surface area (TPSA) is 114 Å². The van der Waals surface area contributed by atoms with Gasteiger partial charge in [-0.25, -0.2) is 13.1 Å². The second kappa shape index (κ2) is 15.8. The fourth-order valence-corrected chi connectivity index (χ4v) is 7.83. The molecule has 9 nitrogen and oxygen atoms in total. The van der Waals surface area contributed by atoms with Gasteiger partial charge in [0.05, 0.1) is 23.7 Å². The largest absolute Gasteiger partial charge is 0.459 e. The molecule has 2 N–H and O–H groups in total. The van der Waals surface area contributed by atoms with Gasteiger partial charge >= 0.3 is 5.97 Å². The molecule has 2 aliphatic heterocycles. The average Bonchev–Trinajstić information content (AvgIpc) is 3.60. The maximum absolute atomic E-state index is 13.2. The molecule has 10 heteroatoms. The zero-order valence-electron chi connectivity index (χ0n) is 29.7. The van der Waals surface area contributed by atoms with Gasteiger partial charge in [0.25, 0.3) is 0 Å². The molecule has 270 valence electrons. The van der Waals surface area contributed by atoms with Crippen molar-refractivity contribution in [3.63, 3.8) is 0 Å². The van der Waals surface area contributed by atoms with Gasteiger partial charge in [0.1, 0.15) is 11.6 Å². The van der Waals surface area contributed by atoms with Crippen LogP contribution in [-0.4, -0.2) is 55.2 Å². The first kappa shape index (κ1) is 36.9. The molecule has 6 rings (SSSR count). The van der Waals surface area contributed by atoms with Crippen molar-refractivity contribution in [1.82, 2.24) is 9.62 Å². The van der Waals surface area contributed by atoms with Crippen molar-refractivity contribution in [2.45, 2.75) is 88.7 Å². The van der Waals surface area contributed by atoms with E-state index in [1.54, 1.807) is 30.3 Å². The summed E-state index contributed by atoms with van der Waals surface area (Å²) < 4.78 is 47.4. The Balaban J connectivity index is 1.20.